The summed E-state index contributed by atoms with van der Waals surface area (Å²) >= 11 is 0. The summed E-state index contributed by atoms with van der Waals surface area (Å²) in [4.78, 5) is 12.8. The lowest BCUT2D eigenvalue weighted by Gasteiger charge is -2.04. The van der Waals surface area contributed by atoms with Crippen molar-refractivity contribution >= 4 is 16.7 Å². The van der Waals surface area contributed by atoms with E-state index in [9.17, 15) is 4.79 Å². The third kappa shape index (κ3) is 1.59. The molecule has 2 nitrogen and oxygen atoms in total. The monoisotopic (exact) mass is 253 g/mol. The van der Waals surface area contributed by atoms with Crippen LogP contribution in [0.15, 0.2) is 30.5 Å². The van der Waals surface area contributed by atoms with Crippen LogP contribution in [0.1, 0.15) is 36.0 Å². The first-order valence-electron chi connectivity index (χ1n) is 7.35. The van der Waals surface area contributed by atoms with E-state index in [1.807, 2.05) is 25.4 Å². The molecule has 2 saturated carbocycles. The second-order valence-electron chi connectivity index (χ2n) is 6.17. The summed E-state index contributed by atoms with van der Waals surface area (Å²) in [7, 11) is 2.03. The van der Waals surface area contributed by atoms with Gasteiger partial charge >= 0.3 is 0 Å². The van der Waals surface area contributed by atoms with E-state index in [-0.39, 0.29) is 0 Å². The van der Waals surface area contributed by atoms with Crippen LogP contribution in [-0.2, 0) is 7.05 Å². The Morgan fingerprint density at radius 3 is 2.58 bits per heavy atom. The van der Waals surface area contributed by atoms with Gasteiger partial charge in [-0.25, -0.2) is 0 Å². The van der Waals surface area contributed by atoms with Crippen molar-refractivity contribution in [2.45, 2.75) is 25.7 Å². The maximum Gasteiger partial charge on any atom is 0.168 e. The maximum atomic E-state index is 12.8. The summed E-state index contributed by atoms with van der Waals surface area (Å²) in [6, 6.07) is 8.23. The zero-order valence-corrected chi connectivity index (χ0v) is 11.3. The Labute approximate surface area is 113 Å². The summed E-state index contributed by atoms with van der Waals surface area (Å²) in [5.74, 6) is 2.11. The molecule has 0 N–H and O–H groups in total. The van der Waals surface area contributed by atoms with Gasteiger partial charge in [0.1, 0.15) is 0 Å². The molecule has 0 radical (unpaired) electrons. The fourth-order valence-electron chi connectivity index (χ4n) is 4.10. The molecule has 0 spiro atoms. The number of aryl methyl sites for hydroxylation is 1. The SMILES string of the molecule is Cn1cc(C(=O)C2C3CCCCC32)c2ccccc21. The highest BCUT2D eigenvalue weighted by Gasteiger charge is 2.54. The quantitative estimate of drug-likeness (QED) is 0.746. The molecule has 19 heavy (non-hydrogen) atoms. The highest BCUT2D eigenvalue weighted by Crippen LogP contribution is 2.56. The third-order valence-corrected chi connectivity index (χ3v) is 5.12. The van der Waals surface area contributed by atoms with Gasteiger partial charge in [0.05, 0.1) is 0 Å². The average Bonchev–Trinajstić information content (AvgIpc) is 3.09. The molecule has 2 aliphatic carbocycles. The van der Waals surface area contributed by atoms with Gasteiger partial charge in [-0.1, -0.05) is 31.0 Å². The molecule has 2 aliphatic rings. The van der Waals surface area contributed by atoms with Crippen molar-refractivity contribution in [2.75, 3.05) is 0 Å². The third-order valence-electron chi connectivity index (χ3n) is 5.12. The lowest BCUT2D eigenvalue weighted by molar-refractivity contribution is 0.0958. The zero-order chi connectivity index (χ0) is 13.0. The molecule has 0 saturated heterocycles. The summed E-state index contributed by atoms with van der Waals surface area (Å²) in [5, 5.41) is 1.12. The van der Waals surface area contributed by atoms with Crippen LogP contribution in [0.4, 0.5) is 0 Å². The van der Waals surface area contributed by atoms with Crippen LogP contribution < -0.4 is 0 Å². The van der Waals surface area contributed by atoms with Crippen molar-refractivity contribution < 1.29 is 4.79 Å². The Balaban J connectivity index is 1.73. The maximum absolute atomic E-state index is 12.8. The second-order valence-corrected chi connectivity index (χ2v) is 6.17. The van der Waals surface area contributed by atoms with Gasteiger partial charge in [-0.05, 0) is 30.7 Å². The molecule has 1 aromatic heterocycles. The van der Waals surface area contributed by atoms with Crippen molar-refractivity contribution in [1.82, 2.24) is 4.57 Å². The Morgan fingerprint density at radius 1 is 1.16 bits per heavy atom. The lowest BCUT2D eigenvalue weighted by Crippen LogP contribution is -2.03. The fraction of sp³-hybridized carbons (Fsp3) is 0.471. The molecular formula is C17H19NO. The topological polar surface area (TPSA) is 22.0 Å². The van der Waals surface area contributed by atoms with Crippen LogP contribution in [0.3, 0.4) is 0 Å². The average molecular weight is 253 g/mol. The van der Waals surface area contributed by atoms with Gasteiger partial charge in [0.25, 0.3) is 0 Å². The van der Waals surface area contributed by atoms with E-state index in [4.69, 9.17) is 0 Å². The van der Waals surface area contributed by atoms with E-state index in [1.54, 1.807) is 0 Å². The smallest absolute Gasteiger partial charge is 0.168 e. The van der Waals surface area contributed by atoms with Crippen LogP contribution >= 0.6 is 0 Å². The molecule has 1 aromatic carbocycles. The molecule has 2 aromatic rings. The minimum Gasteiger partial charge on any atom is -0.350 e. The van der Waals surface area contributed by atoms with E-state index >= 15 is 0 Å². The van der Waals surface area contributed by atoms with Crippen molar-refractivity contribution in [3.8, 4) is 0 Å². The lowest BCUT2D eigenvalue weighted by atomic mass is 10.0. The van der Waals surface area contributed by atoms with Crippen LogP contribution in [0.25, 0.3) is 10.9 Å². The first kappa shape index (κ1) is 11.3. The highest BCUT2D eigenvalue weighted by atomic mass is 16.1. The molecule has 2 fully saturated rings. The normalized spacial score (nSPS) is 29.2. The van der Waals surface area contributed by atoms with Crippen LogP contribution in [0.2, 0.25) is 0 Å². The molecule has 0 bridgehead atoms. The second kappa shape index (κ2) is 3.96. The molecule has 0 aliphatic heterocycles. The first-order chi connectivity index (χ1) is 9.27. The number of fused-ring (bicyclic) bond motifs is 2. The van der Waals surface area contributed by atoms with Gasteiger partial charge in [0, 0.05) is 35.6 Å². The van der Waals surface area contributed by atoms with Crippen molar-refractivity contribution in [2.24, 2.45) is 24.8 Å². The number of hydrogen-bond donors (Lipinski definition) is 0. The van der Waals surface area contributed by atoms with Gasteiger partial charge in [0.2, 0.25) is 0 Å². The molecule has 98 valence electrons. The van der Waals surface area contributed by atoms with E-state index in [2.05, 4.69) is 16.7 Å². The number of carbonyl (C=O) groups excluding carboxylic acids is 1. The van der Waals surface area contributed by atoms with Crippen molar-refractivity contribution in [3.63, 3.8) is 0 Å². The zero-order valence-electron chi connectivity index (χ0n) is 11.3. The Kier molecular flexibility index (Phi) is 2.35. The number of Topliss-reactive ketones (excluding diaryl/α,β-unsaturated/α-hetero) is 1. The number of rotatable bonds is 2. The standard InChI is InChI=1S/C17H19NO/c1-18-10-14(11-6-4-5-9-15(11)18)17(19)16-12-7-2-3-8-13(12)16/h4-6,9-10,12-13,16H,2-3,7-8H2,1H3. The predicted molar refractivity (Wildman–Crippen MR) is 76.2 cm³/mol. The molecule has 2 unspecified atom stereocenters. The summed E-state index contributed by atoms with van der Waals surface area (Å²) in [6.45, 7) is 0. The first-order valence-corrected chi connectivity index (χ1v) is 7.35. The molecule has 2 heteroatoms. The van der Waals surface area contributed by atoms with Crippen LogP contribution in [0, 0.1) is 17.8 Å². The number of aromatic nitrogens is 1. The molecule has 2 atom stereocenters. The van der Waals surface area contributed by atoms with Gasteiger partial charge in [-0.2, -0.15) is 0 Å². The fourth-order valence-corrected chi connectivity index (χ4v) is 4.10. The predicted octanol–water partition coefficient (Wildman–Crippen LogP) is 3.80. The van der Waals surface area contributed by atoms with Gasteiger partial charge in [-0.15, -0.1) is 0 Å². The molecule has 1 heterocycles. The Hall–Kier alpha value is -1.57. The highest BCUT2D eigenvalue weighted by molar-refractivity contribution is 6.10. The number of hydrogen-bond acceptors (Lipinski definition) is 1. The van der Waals surface area contributed by atoms with Gasteiger partial charge in [-0.3, -0.25) is 4.79 Å². The van der Waals surface area contributed by atoms with E-state index in [0.29, 0.717) is 23.5 Å². The minimum absolute atomic E-state index is 0.327. The summed E-state index contributed by atoms with van der Waals surface area (Å²) in [5.41, 5.74) is 2.10. The summed E-state index contributed by atoms with van der Waals surface area (Å²) < 4.78 is 2.08. The minimum atomic E-state index is 0.327. The number of ketones is 1. The van der Waals surface area contributed by atoms with Crippen LogP contribution in [-0.4, -0.2) is 10.4 Å². The van der Waals surface area contributed by atoms with Crippen LogP contribution in [0.5, 0.6) is 0 Å². The number of para-hydroxylation sites is 1. The molecule has 0 amide bonds. The van der Waals surface area contributed by atoms with E-state index in [0.717, 1.165) is 16.5 Å². The van der Waals surface area contributed by atoms with E-state index < -0.39 is 0 Å². The van der Waals surface area contributed by atoms with Gasteiger partial charge in [0.15, 0.2) is 5.78 Å². The number of nitrogens with zero attached hydrogens (tertiary/aromatic N) is 1. The Morgan fingerprint density at radius 2 is 1.84 bits per heavy atom. The molecule has 4 rings (SSSR count). The van der Waals surface area contributed by atoms with Crippen molar-refractivity contribution in [1.29, 1.82) is 0 Å². The number of benzene rings is 1. The number of carbonyl (C=O) groups is 1. The Bertz CT molecular complexity index is 642. The van der Waals surface area contributed by atoms with Gasteiger partial charge < -0.3 is 4.57 Å². The summed E-state index contributed by atoms with van der Waals surface area (Å²) in [6.07, 6.45) is 7.20. The molecular weight excluding hydrogens is 234 g/mol. The van der Waals surface area contributed by atoms with E-state index in [1.165, 1.54) is 25.7 Å². The van der Waals surface area contributed by atoms with Crippen molar-refractivity contribution in [3.05, 3.63) is 36.0 Å². The largest absolute Gasteiger partial charge is 0.350 e.